The molecule has 166 valence electrons. The number of sulfonamides is 1. The SMILES string of the molecule is Cc1ccc(CC(=O)OCC(=O)N2CCN(S(=O)(=O)c3ccc(Cl)cc3)CC2)cc1C. The van der Waals surface area contributed by atoms with Crippen LogP contribution < -0.4 is 0 Å². The summed E-state index contributed by atoms with van der Waals surface area (Å²) in [6.45, 7) is 4.44. The first-order valence-corrected chi connectivity index (χ1v) is 11.7. The molecule has 7 nitrogen and oxygen atoms in total. The summed E-state index contributed by atoms with van der Waals surface area (Å²) in [5, 5.41) is 0.460. The minimum Gasteiger partial charge on any atom is -0.455 e. The van der Waals surface area contributed by atoms with E-state index >= 15 is 0 Å². The second-order valence-corrected chi connectivity index (χ2v) is 9.87. The number of hydrogen-bond acceptors (Lipinski definition) is 5. The van der Waals surface area contributed by atoms with Gasteiger partial charge in [-0.05, 0) is 54.8 Å². The summed E-state index contributed by atoms with van der Waals surface area (Å²) in [5.41, 5.74) is 3.07. The number of amides is 1. The topological polar surface area (TPSA) is 84.0 Å². The zero-order chi connectivity index (χ0) is 22.6. The predicted molar refractivity (Wildman–Crippen MR) is 117 cm³/mol. The van der Waals surface area contributed by atoms with Crippen molar-refractivity contribution in [3.8, 4) is 0 Å². The van der Waals surface area contributed by atoms with Crippen LogP contribution in [0.3, 0.4) is 0 Å². The van der Waals surface area contributed by atoms with E-state index < -0.39 is 16.0 Å². The average Bonchev–Trinajstić information content (AvgIpc) is 2.75. The van der Waals surface area contributed by atoms with Gasteiger partial charge in [0.25, 0.3) is 5.91 Å². The minimum atomic E-state index is -3.64. The maximum atomic E-state index is 12.7. The van der Waals surface area contributed by atoms with E-state index in [1.54, 1.807) is 0 Å². The molecule has 0 unspecified atom stereocenters. The molecule has 0 saturated carbocycles. The molecule has 2 aromatic carbocycles. The quantitative estimate of drug-likeness (QED) is 0.613. The normalized spacial score (nSPS) is 15.0. The fourth-order valence-corrected chi connectivity index (χ4v) is 4.85. The molecule has 1 aliphatic heterocycles. The molecule has 0 aliphatic carbocycles. The first-order valence-electron chi connectivity index (χ1n) is 9.92. The largest absolute Gasteiger partial charge is 0.455 e. The summed E-state index contributed by atoms with van der Waals surface area (Å²) < 4.78 is 31.9. The lowest BCUT2D eigenvalue weighted by Gasteiger charge is -2.33. The molecule has 1 saturated heterocycles. The Morgan fingerprint density at radius 1 is 0.968 bits per heavy atom. The number of aryl methyl sites for hydroxylation is 2. The number of carbonyl (C=O) groups excluding carboxylic acids is 2. The van der Waals surface area contributed by atoms with Crippen LogP contribution >= 0.6 is 11.6 Å². The fourth-order valence-electron chi connectivity index (χ4n) is 3.30. The van der Waals surface area contributed by atoms with Crippen LogP contribution in [0.1, 0.15) is 16.7 Å². The van der Waals surface area contributed by atoms with Crippen molar-refractivity contribution in [1.82, 2.24) is 9.21 Å². The third-order valence-electron chi connectivity index (χ3n) is 5.32. The highest BCUT2D eigenvalue weighted by Crippen LogP contribution is 2.20. The molecular formula is C22H25ClN2O5S. The third kappa shape index (κ3) is 5.84. The van der Waals surface area contributed by atoms with Crippen LogP contribution in [0.25, 0.3) is 0 Å². The van der Waals surface area contributed by atoms with Gasteiger partial charge in [-0.2, -0.15) is 4.31 Å². The molecule has 3 rings (SSSR count). The Bertz CT molecular complexity index is 1060. The lowest BCUT2D eigenvalue weighted by molar-refractivity contribution is -0.152. The van der Waals surface area contributed by atoms with Crippen molar-refractivity contribution >= 4 is 33.5 Å². The summed E-state index contributed by atoms with van der Waals surface area (Å²) in [6.07, 6.45) is 0.0987. The second kappa shape index (κ2) is 9.80. The summed E-state index contributed by atoms with van der Waals surface area (Å²) in [6, 6.07) is 11.7. The van der Waals surface area contributed by atoms with E-state index in [-0.39, 0.29) is 50.0 Å². The van der Waals surface area contributed by atoms with E-state index in [0.29, 0.717) is 5.02 Å². The average molecular weight is 465 g/mol. The highest BCUT2D eigenvalue weighted by Gasteiger charge is 2.30. The van der Waals surface area contributed by atoms with E-state index in [9.17, 15) is 18.0 Å². The summed E-state index contributed by atoms with van der Waals surface area (Å²) in [4.78, 5) is 26.1. The molecule has 31 heavy (non-hydrogen) atoms. The van der Waals surface area contributed by atoms with Gasteiger partial charge in [0.05, 0.1) is 11.3 Å². The molecule has 0 aromatic heterocycles. The molecule has 1 amide bonds. The number of hydrogen-bond donors (Lipinski definition) is 0. The highest BCUT2D eigenvalue weighted by molar-refractivity contribution is 7.89. The van der Waals surface area contributed by atoms with Crippen LogP contribution in [0.15, 0.2) is 47.4 Å². The Morgan fingerprint density at radius 2 is 1.61 bits per heavy atom. The van der Waals surface area contributed by atoms with Gasteiger partial charge in [-0.3, -0.25) is 9.59 Å². The zero-order valence-corrected chi connectivity index (χ0v) is 19.1. The van der Waals surface area contributed by atoms with Crippen molar-refractivity contribution in [1.29, 1.82) is 0 Å². The van der Waals surface area contributed by atoms with E-state index in [1.807, 2.05) is 32.0 Å². The molecule has 0 radical (unpaired) electrons. The summed E-state index contributed by atoms with van der Waals surface area (Å²) in [5.74, 6) is -0.808. The lowest BCUT2D eigenvalue weighted by atomic mass is 10.0. The number of nitrogens with zero attached hydrogens (tertiary/aromatic N) is 2. The number of benzene rings is 2. The number of rotatable bonds is 6. The first-order chi connectivity index (χ1) is 14.7. The number of esters is 1. The standard InChI is InChI=1S/C22H25ClN2O5S/c1-16-3-4-18(13-17(16)2)14-22(27)30-15-21(26)24-9-11-25(12-10-24)31(28,29)20-7-5-19(23)6-8-20/h3-8,13H,9-12,14-15H2,1-2H3. The first kappa shape index (κ1) is 23.2. The van der Waals surface area contributed by atoms with Gasteiger partial charge in [0.1, 0.15) is 0 Å². The third-order valence-corrected chi connectivity index (χ3v) is 7.48. The lowest BCUT2D eigenvalue weighted by Crippen LogP contribution is -2.51. The van der Waals surface area contributed by atoms with Crippen molar-refractivity contribution in [2.24, 2.45) is 0 Å². The van der Waals surface area contributed by atoms with Crippen LogP contribution in [0, 0.1) is 13.8 Å². The monoisotopic (exact) mass is 464 g/mol. The second-order valence-electron chi connectivity index (χ2n) is 7.49. The molecule has 1 aliphatic rings. The molecule has 0 bridgehead atoms. The fraction of sp³-hybridized carbons (Fsp3) is 0.364. The van der Waals surface area contributed by atoms with Crippen molar-refractivity contribution in [3.63, 3.8) is 0 Å². The Morgan fingerprint density at radius 3 is 2.23 bits per heavy atom. The van der Waals surface area contributed by atoms with Crippen molar-refractivity contribution < 1.29 is 22.7 Å². The molecule has 0 spiro atoms. The molecule has 0 atom stereocenters. The van der Waals surface area contributed by atoms with Gasteiger partial charge in [0, 0.05) is 31.2 Å². The molecular weight excluding hydrogens is 440 g/mol. The van der Waals surface area contributed by atoms with Gasteiger partial charge in [0.15, 0.2) is 6.61 Å². The van der Waals surface area contributed by atoms with E-state index in [2.05, 4.69) is 0 Å². The Labute approximate surface area is 187 Å². The van der Waals surface area contributed by atoms with E-state index in [4.69, 9.17) is 16.3 Å². The Balaban J connectivity index is 1.48. The molecule has 9 heteroatoms. The van der Waals surface area contributed by atoms with Crippen LogP contribution in [0.5, 0.6) is 0 Å². The predicted octanol–water partition coefficient (Wildman–Crippen LogP) is 2.58. The van der Waals surface area contributed by atoms with E-state index in [1.165, 1.54) is 33.5 Å². The van der Waals surface area contributed by atoms with E-state index in [0.717, 1.165) is 16.7 Å². The number of carbonyl (C=O) groups is 2. The zero-order valence-electron chi connectivity index (χ0n) is 17.5. The van der Waals surface area contributed by atoms with Gasteiger partial charge in [-0.1, -0.05) is 29.8 Å². The number of halogens is 1. The maximum Gasteiger partial charge on any atom is 0.310 e. The number of piperazine rings is 1. The van der Waals surface area contributed by atoms with Gasteiger partial charge in [0.2, 0.25) is 10.0 Å². The molecule has 1 fully saturated rings. The van der Waals surface area contributed by atoms with Gasteiger partial charge >= 0.3 is 5.97 Å². The minimum absolute atomic E-state index is 0.0987. The number of ether oxygens (including phenoxy) is 1. The Hall–Kier alpha value is -2.42. The van der Waals surface area contributed by atoms with Crippen LogP contribution in [0.4, 0.5) is 0 Å². The van der Waals surface area contributed by atoms with Crippen molar-refractivity contribution in [2.45, 2.75) is 25.2 Å². The van der Waals surface area contributed by atoms with Crippen LogP contribution in [-0.2, 0) is 30.8 Å². The highest BCUT2D eigenvalue weighted by atomic mass is 35.5. The molecule has 1 heterocycles. The Kier molecular flexibility index (Phi) is 7.35. The van der Waals surface area contributed by atoms with Gasteiger partial charge in [-0.15, -0.1) is 0 Å². The summed E-state index contributed by atoms with van der Waals surface area (Å²) in [7, 11) is -3.64. The van der Waals surface area contributed by atoms with Crippen LogP contribution in [0.2, 0.25) is 5.02 Å². The molecule has 2 aromatic rings. The van der Waals surface area contributed by atoms with Crippen LogP contribution in [-0.4, -0.2) is 62.3 Å². The van der Waals surface area contributed by atoms with Crippen molar-refractivity contribution in [3.05, 3.63) is 64.2 Å². The maximum absolute atomic E-state index is 12.7. The van der Waals surface area contributed by atoms with Crippen molar-refractivity contribution in [2.75, 3.05) is 32.8 Å². The smallest absolute Gasteiger partial charge is 0.310 e. The van der Waals surface area contributed by atoms with Gasteiger partial charge < -0.3 is 9.64 Å². The van der Waals surface area contributed by atoms with Gasteiger partial charge in [-0.25, -0.2) is 8.42 Å². The summed E-state index contributed by atoms with van der Waals surface area (Å²) >= 11 is 5.82. The molecule has 0 N–H and O–H groups in total.